The highest BCUT2D eigenvalue weighted by atomic mass is 16.4. The maximum Gasteiger partial charge on any atom is 0.514 e. The molecule has 1 rings (SSSR count). The molecule has 0 aromatic carbocycles. The van der Waals surface area contributed by atoms with E-state index in [1.807, 2.05) is 20.8 Å². The quantitative estimate of drug-likeness (QED) is 0.536. The van der Waals surface area contributed by atoms with Crippen molar-refractivity contribution in [3.63, 3.8) is 0 Å². The lowest BCUT2D eigenvalue weighted by molar-refractivity contribution is -0.921. The summed E-state index contributed by atoms with van der Waals surface area (Å²) in [6.07, 6.45) is 2.46. The molecule has 1 saturated heterocycles. The van der Waals surface area contributed by atoms with Crippen LogP contribution in [-0.2, 0) is 4.79 Å². The molecule has 0 aliphatic carbocycles. The summed E-state index contributed by atoms with van der Waals surface area (Å²) in [6, 6.07) is -0.392. The van der Waals surface area contributed by atoms with Crippen molar-refractivity contribution in [1.82, 2.24) is 0 Å². The molecule has 0 aromatic rings. The average molecular weight is 214 g/mol. The van der Waals surface area contributed by atoms with Gasteiger partial charge < -0.3 is 5.11 Å². The number of nitrogens with zero attached hydrogens (tertiary/aromatic N) is 1. The van der Waals surface area contributed by atoms with E-state index in [4.69, 9.17) is 0 Å². The third-order valence-corrected chi connectivity index (χ3v) is 3.52. The fourth-order valence-electron chi connectivity index (χ4n) is 2.63. The third kappa shape index (κ3) is 1.78. The maximum atomic E-state index is 11.5. The summed E-state index contributed by atoms with van der Waals surface area (Å²) in [5.41, 5.74) is -0.433. The van der Waals surface area contributed by atoms with Crippen molar-refractivity contribution in [2.45, 2.75) is 51.6 Å². The molecule has 0 saturated carbocycles. The smallest absolute Gasteiger partial charge is 0.435 e. The molecule has 4 heteroatoms. The first-order valence-corrected chi connectivity index (χ1v) is 5.43. The SMILES string of the molecule is CC(C)(C)[N+]1(C(=O)O)CCCCC1C=O. The Morgan fingerprint density at radius 2 is 2.00 bits per heavy atom. The summed E-state index contributed by atoms with van der Waals surface area (Å²) in [7, 11) is 0. The number of amides is 1. The van der Waals surface area contributed by atoms with E-state index < -0.39 is 17.7 Å². The highest BCUT2D eigenvalue weighted by molar-refractivity contribution is 5.64. The molecule has 1 N–H and O–H groups in total. The average Bonchev–Trinajstić information content (AvgIpc) is 2.15. The molecule has 1 aliphatic rings. The largest absolute Gasteiger partial charge is 0.514 e. The zero-order valence-electron chi connectivity index (χ0n) is 9.69. The third-order valence-electron chi connectivity index (χ3n) is 3.52. The number of hydrogen-bond acceptors (Lipinski definition) is 2. The molecule has 1 heterocycles. The topological polar surface area (TPSA) is 54.4 Å². The Kier molecular flexibility index (Phi) is 3.19. The van der Waals surface area contributed by atoms with Gasteiger partial charge >= 0.3 is 6.09 Å². The summed E-state index contributed by atoms with van der Waals surface area (Å²) in [6.45, 7) is 6.23. The van der Waals surface area contributed by atoms with Crippen molar-refractivity contribution in [1.29, 1.82) is 0 Å². The van der Waals surface area contributed by atoms with Crippen molar-refractivity contribution in [2.24, 2.45) is 0 Å². The molecule has 2 unspecified atom stereocenters. The molecular formula is C11H20NO3+. The van der Waals surface area contributed by atoms with Gasteiger partial charge in [-0.15, -0.1) is 0 Å². The van der Waals surface area contributed by atoms with Gasteiger partial charge in [-0.3, -0.25) is 4.79 Å². The van der Waals surface area contributed by atoms with Crippen molar-refractivity contribution < 1.29 is 19.2 Å². The molecule has 86 valence electrons. The van der Waals surface area contributed by atoms with E-state index in [1.54, 1.807) is 0 Å². The van der Waals surface area contributed by atoms with Crippen LogP contribution in [0.15, 0.2) is 0 Å². The van der Waals surface area contributed by atoms with Crippen LogP contribution in [0.4, 0.5) is 4.79 Å². The van der Waals surface area contributed by atoms with Gasteiger partial charge in [0.2, 0.25) is 0 Å². The summed E-state index contributed by atoms with van der Waals surface area (Å²) in [5, 5.41) is 9.44. The molecule has 4 nitrogen and oxygen atoms in total. The normalized spacial score (nSPS) is 32.3. The summed E-state index contributed by atoms with van der Waals surface area (Å²) in [4.78, 5) is 22.6. The van der Waals surface area contributed by atoms with Crippen molar-refractivity contribution in [3.8, 4) is 0 Å². The molecule has 0 spiro atoms. The minimum absolute atomic E-state index is 0.115. The van der Waals surface area contributed by atoms with E-state index in [2.05, 4.69) is 0 Å². The first-order valence-electron chi connectivity index (χ1n) is 5.43. The van der Waals surface area contributed by atoms with Crippen LogP contribution in [0.5, 0.6) is 0 Å². The zero-order valence-corrected chi connectivity index (χ0v) is 9.69. The lowest BCUT2D eigenvalue weighted by Crippen LogP contribution is -2.70. The summed E-state index contributed by atoms with van der Waals surface area (Å²) >= 11 is 0. The van der Waals surface area contributed by atoms with E-state index >= 15 is 0 Å². The van der Waals surface area contributed by atoms with Gasteiger partial charge in [0.1, 0.15) is 5.54 Å². The van der Waals surface area contributed by atoms with Gasteiger partial charge in [-0.1, -0.05) is 0 Å². The predicted octanol–water partition coefficient (Wildman–Crippen LogP) is 2.03. The van der Waals surface area contributed by atoms with Crippen LogP contribution < -0.4 is 0 Å². The second kappa shape index (κ2) is 3.93. The number of rotatable bonds is 1. The van der Waals surface area contributed by atoms with Gasteiger partial charge in [0.15, 0.2) is 12.3 Å². The Morgan fingerprint density at radius 1 is 1.40 bits per heavy atom. The van der Waals surface area contributed by atoms with Crippen molar-refractivity contribution in [2.75, 3.05) is 6.54 Å². The van der Waals surface area contributed by atoms with E-state index in [-0.39, 0.29) is 4.48 Å². The fraction of sp³-hybridized carbons (Fsp3) is 0.818. The highest BCUT2D eigenvalue weighted by Gasteiger charge is 2.54. The Bertz CT molecular complexity index is 269. The van der Waals surface area contributed by atoms with Crippen LogP contribution in [-0.4, -0.2) is 40.1 Å². The number of quaternary nitrogens is 1. The minimum atomic E-state index is -0.876. The predicted molar refractivity (Wildman–Crippen MR) is 56.6 cm³/mol. The zero-order chi connectivity index (χ0) is 11.7. The molecule has 1 fully saturated rings. The monoisotopic (exact) mass is 214 g/mol. The number of carbonyl (C=O) groups excluding carboxylic acids is 1. The van der Waals surface area contributed by atoms with E-state index in [1.165, 1.54) is 0 Å². The maximum absolute atomic E-state index is 11.5. The summed E-state index contributed by atoms with van der Waals surface area (Å²) < 4.78 is -0.115. The lowest BCUT2D eigenvalue weighted by atomic mass is 9.91. The molecule has 1 aliphatic heterocycles. The first kappa shape index (κ1) is 12.2. The van der Waals surface area contributed by atoms with Gasteiger partial charge in [-0.2, -0.15) is 4.79 Å². The Balaban J connectivity index is 3.17. The Hall–Kier alpha value is -0.900. The number of likely N-dealkylation sites (tertiary alicyclic amines) is 1. The van der Waals surface area contributed by atoms with Gasteiger partial charge in [0.25, 0.3) is 0 Å². The van der Waals surface area contributed by atoms with E-state index in [9.17, 15) is 14.7 Å². The van der Waals surface area contributed by atoms with Crippen molar-refractivity contribution in [3.05, 3.63) is 0 Å². The van der Waals surface area contributed by atoms with E-state index in [0.29, 0.717) is 13.0 Å². The van der Waals surface area contributed by atoms with Crippen LogP contribution in [0.2, 0.25) is 0 Å². The fourth-order valence-corrected chi connectivity index (χ4v) is 2.63. The minimum Gasteiger partial charge on any atom is -0.435 e. The van der Waals surface area contributed by atoms with Crippen LogP contribution in [0.3, 0.4) is 0 Å². The number of carbonyl (C=O) groups is 2. The lowest BCUT2D eigenvalue weighted by Gasteiger charge is -2.49. The Labute approximate surface area is 90.5 Å². The van der Waals surface area contributed by atoms with Gasteiger partial charge in [-0.25, -0.2) is 4.48 Å². The first-order chi connectivity index (χ1) is 6.86. The molecule has 15 heavy (non-hydrogen) atoms. The van der Waals surface area contributed by atoms with Crippen LogP contribution in [0.25, 0.3) is 0 Å². The van der Waals surface area contributed by atoms with Gasteiger partial charge in [0, 0.05) is 6.42 Å². The second-order valence-corrected chi connectivity index (χ2v) is 5.25. The standard InChI is InChI=1S/C11H19NO3/c1-11(2,3)12(10(14)15)7-5-4-6-9(12)8-13/h8-9H,4-7H2,1-3H3/p+1. The van der Waals surface area contributed by atoms with Crippen LogP contribution in [0.1, 0.15) is 40.0 Å². The summed E-state index contributed by atoms with van der Waals surface area (Å²) in [5.74, 6) is 0. The molecule has 2 atom stereocenters. The van der Waals surface area contributed by atoms with Gasteiger partial charge in [0.05, 0.1) is 6.54 Å². The molecular weight excluding hydrogens is 194 g/mol. The molecule has 0 radical (unpaired) electrons. The van der Waals surface area contributed by atoms with Crippen molar-refractivity contribution >= 4 is 12.4 Å². The number of carboxylic acid groups (broad SMARTS) is 1. The highest BCUT2D eigenvalue weighted by Crippen LogP contribution is 2.34. The number of hydrogen-bond donors (Lipinski definition) is 1. The van der Waals surface area contributed by atoms with Gasteiger partial charge in [-0.05, 0) is 33.6 Å². The van der Waals surface area contributed by atoms with E-state index in [0.717, 1.165) is 19.1 Å². The second-order valence-electron chi connectivity index (χ2n) is 5.25. The number of piperidine rings is 1. The number of aldehydes is 1. The van der Waals surface area contributed by atoms with Crippen LogP contribution in [0, 0.1) is 0 Å². The van der Waals surface area contributed by atoms with Crippen LogP contribution >= 0.6 is 0 Å². The molecule has 0 bridgehead atoms. The Morgan fingerprint density at radius 3 is 2.33 bits per heavy atom. The molecule has 0 aromatic heterocycles. The molecule has 1 amide bonds.